The maximum Gasteiger partial charge on any atom is 0.142 e. The maximum absolute atomic E-state index is 2.33. The lowest BCUT2D eigenvalue weighted by Crippen LogP contribution is -2.09. The molecule has 0 fully saturated rings. The van der Waals surface area contributed by atoms with E-state index in [0.717, 1.165) is 5.25 Å². The second-order valence-corrected chi connectivity index (χ2v) is 6.02. The van der Waals surface area contributed by atoms with Gasteiger partial charge in [0.1, 0.15) is 5.25 Å². The molecule has 1 atom stereocenters. The molecule has 0 aromatic heterocycles. The third-order valence-corrected chi connectivity index (χ3v) is 4.13. The molecule has 0 aliphatic carbocycles. The average Bonchev–Trinajstić information content (AvgIpc) is 2.09. The van der Waals surface area contributed by atoms with Crippen LogP contribution in [0.3, 0.4) is 0 Å². The summed E-state index contributed by atoms with van der Waals surface area (Å²) >= 11 is 0. The largest absolute Gasteiger partial charge is 0.142 e. The molecular weight excluding hydrogens is 176 g/mol. The first-order valence-corrected chi connectivity index (χ1v) is 6.88. The van der Waals surface area contributed by atoms with Crippen molar-refractivity contribution in [2.24, 2.45) is 0 Å². The molecule has 1 aromatic rings. The van der Waals surface area contributed by atoms with E-state index in [4.69, 9.17) is 0 Å². The van der Waals surface area contributed by atoms with Gasteiger partial charge in [-0.1, -0.05) is 36.8 Å². The topological polar surface area (TPSA) is 0 Å². The summed E-state index contributed by atoms with van der Waals surface area (Å²) in [6, 6.07) is 8.97. The first-order valence-electron chi connectivity index (χ1n) is 4.78. The molecule has 0 bridgehead atoms. The van der Waals surface area contributed by atoms with Gasteiger partial charge in [0.05, 0.1) is 12.5 Å². The lowest BCUT2D eigenvalue weighted by molar-refractivity contribution is 0.889. The van der Waals surface area contributed by atoms with Gasteiger partial charge in [-0.25, -0.2) is 0 Å². The number of rotatable bonds is 3. The maximum atomic E-state index is 2.33. The van der Waals surface area contributed by atoms with Gasteiger partial charge >= 0.3 is 0 Å². The number of hydrogen-bond donors (Lipinski definition) is 0. The van der Waals surface area contributed by atoms with Gasteiger partial charge < -0.3 is 0 Å². The summed E-state index contributed by atoms with van der Waals surface area (Å²) < 4.78 is 0. The first-order chi connectivity index (χ1) is 6.15. The Morgan fingerprint density at radius 3 is 2.08 bits per heavy atom. The molecule has 0 saturated carbocycles. The zero-order chi connectivity index (χ0) is 9.84. The van der Waals surface area contributed by atoms with E-state index >= 15 is 0 Å². The molecule has 72 valence electrons. The minimum absolute atomic E-state index is 0.489. The molecule has 13 heavy (non-hydrogen) atoms. The van der Waals surface area contributed by atoms with E-state index in [9.17, 15) is 0 Å². The van der Waals surface area contributed by atoms with Crippen molar-refractivity contribution in [1.29, 1.82) is 0 Å². The van der Waals surface area contributed by atoms with Gasteiger partial charge in [0.2, 0.25) is 0 Å². The normalized spacial score (nSPS) is 13.3. The molecule has 0 spiro atoms. The third kappa shape index (κ3) is 2.77. The lowest BCUT2D eigenvalue weighted by Gasteiger charge is -2.11. The highest BCUT2D eigenvalue weighted by Gasteiger charge is 2.20. The fourth-order valence-electron chi connectivity index (χ4n) is 1.62. The molecule has 1 unspecified atom stereocenters. The molecule has 0 amide bonds. The fourth-order valence-corrected chi connectivity index (χ4v) is 2.99. The Morgan fingerprint density at radius 1 is 1.15 bits per heavy atom. The molecule has 0 nitrogen and oxygen atoms in total. The molecule has 0 N–H and O–H groups in total. The van der Waals surface area contributed by atoms with Crippen LogP contribution in [0.5, 0.6) is 0 Å². The van der Waals surface area contributed by atoms with Gasteiger partial charge in [0.15, 0.2) is 0 Å². The van der Waals surface area contributed by atoms with E-state index in [0.29, 0.717) is 10.9 Å². The van der Waals surface area contributed by atoms with Crippen LogP contribution in [0, 0.1) is 6.92 Å². The Morgan fingerprint density at radius 2 is 1.69 bits per heavy atom. The summed E-state index contributed by atoms with van der Waals surface area (Å²) in [4.78, 5) is 0. The SMILES string of the molecule is CCC(c1ccc(C)cc1)[S+](C)C. The predicted molar refractivity (Wildman–Crippen MR) is 63.4 cm³/mol. The quantitative estimate of drug-likeness (QED) is 0.649. The van der Waals surface area contributed by atoms with Crippen LogP contribution in [-0.2, 0) is 10.9 Å². The lowest BCUT2D eigenvalue weighted by atomic mass is 10.1. The number of aryl methyl sites for hydroxylation is 1. The summed E-state index contributed by atoms with van der Waals surface area (Å²) in [5.74, 6) is 0. The molecule has 1 heteroatoms. The average molecular weight is 195 g/mol. The fraction of sp³-hybridized carbons (Fsp3) is 0.500. The van der Waals surface area contributed by atoms with Gasteiger partial charge in [-0.15, -0.1) is 0 Å². The molecule has 0 radical (unpaired) electrons. The summed E-state index contributed by atoms with van der Waals surface area (Å²) in [7, 11) is 0.489. The van der Waals surface area contributed by atoms with E-state index in [-0.39, 0.29) is 0 Å². The summed E-state index contributed by atoms with van der Waals surface area (Å²) in [6.07, 6.45) is 5.90. The van der Waals surface area contributed by atoms with E-state index in [1.807, 2.05) is 0 Å². The Kier molecular flexibility index (Phi) is 3.86. The molecule has 0 saturated heterocycles. The van der Waals surface area contributed by atoms with Gasteiger partial charge in [-0.05, 0) is 24.2 Å². The van der Waals surface area contributed by atoms with Crippen LogP contribution in [0.15, 0.2) is 24.3 Å². The molecule has 0 heterocycles. The Hall–Kier alpha value is -0.430. The van der Waals surface area contributed by atoms with Crippen LogP contribution in [0.25, 0.3) is 0 Å². The summed E-state index contributed by atoms with van der Waals surface area (Å²) in [5.41, 5.74) is 2.85. The highest BCUT2D eigenvalue weighted by molar-refractivity contribution is 7.95. The first kappa shape index (κ1) is 10.6. The molecule has 1 aromatic carbocycles. The van der Waals surface area contributed by atoms with Crippen LogP contribution in [-0.4, -0.2) is 12.5 Å². The van der Waals surface area contributed by atoms with Crippen LogP contribution >= 0.6 is 0 Å². The molecule has 0 aliphatic heterocycles. The number of hydrogen-bond acceptors (Lipinski definition) is 0. The second-order valence-electron chi connectivity index (χ2n) is 3.69. The van der Waals surface area contributed by atoms with E-state index in [1.165, 1.54) is 17.5 Å². The van der Waals surface area contributed by atoms with Crippen molar-refractivity contribution in [3.05, 3.63) is 35.4 Å². The Labute approximate surface area is 84.7 Å². The molecule has 0 aliphatic rings. The highest BCUT2D eigenvalue weighted by Crippen LogP contribution is 2.25. The standard InChI is InChI=1S/C12H19S/c1-5-12(13(3)4)11-8-6-10(2)7-9-11/h6-9,12H,5H2,1-4H3/q+1. The smallest absolute Gasteiger partial charge is 0.0603 e. The van der Waals surface area contributed by atoms with E-state index in [2.05, 4.69) is 50.6 Å². The van der Waals surface area contributed by atoms with Gasteiger partial charge in [-0.3, -0.25) is 0 Å². The molecule has 1 rings (SSSR count). The second kappa shape index (κ2) is 4.71. The minimum atomic E-state index is 0.489. The van der Waals surface area contributed by atoms with Gasteiger partial charge in [0, 0.05) is 5.56 Å². The van der Waals surface area contributed by atoms with Crippen molar-refractivity contribution < 1.29 is 0 Å². The Balaban J connectivity index is 2.86. The number of benzene rings is 1. The summed E-state index contributed by atoms with van der Waals surface area (Å²) in [6.45, 7) is 4.42. The Bertz CT molecular complexity index is 248. The van der Waals surface area contributed by atoms with Crippen molar-refractivity contribution in [3.8, 4) is 0 Å². The van der Waals surface area contributed by atoms with Gasteiger partial charge in [0.25, 0.3) is 0 Å². The van der Waals surface area contributed by atoms with Crippen molar-refractivity contribution in [3.63, 3.8) is 0 Å². The van der Waals surface area contributed by atoms with E-state index < -0.39 is 0 Å². The highest BCUT2D eigenvalue weighted by atomic mass is 32.2. The van der Waals surface area contributed by atoms with Crippen LogP contribution < -0.4 is 0 Å². The molecular formula is C12H19S+. The van der Waals surface area contributed by atoms with Crippen LogP contribution in [0.1, 0.15) is 29.7 Å². The predicted octanol–water partition coefficient (Wildman–Crippen LogP) is 3.32. The summed E-state index contributed by atoms with van der Waals surface area (Å²) in [5, 5.41) is 0.751. The minimum Gasteiger partial charge on any atom is -0.0603 e. The van der Waals surface area contributed by atoms with E-state index in [1.54, 1.807) is 0 Å². The van der Waals surface area contributed by atoms with Crippen LogP contribution in [0.4, 0.5) is 0 Å². The van der Waals surface area contributed by atoms with Crippen molar-refractivity contribution in [2.45, 2.75) is 25.5 Å². The third-order valence-electron chi connectivity index (χ3n) is 2.39. The van der Waals surface area contributed by atoms with Crippen molar-refractivity contribution in [2.75, 3.05) is 12.5 Å². The zero-order valence-corrected chi connectivity index (χ0v) is 9.82. The monoisotopic (exact) mass is 195 g/mol. The van der Waals surface area contributed by atoms with Crippen molar-refractivity contribution in [1.82, 2.24) is 0 Å². The zero-order valence-electron chi connectivity index (χ0n) is 9.00. The van der Waals surface area contributed by atoms with Gasteiger partial charge in [-0.2, -0.15) is 0 Å². The van der Waals surface area contributed by atoms with Crippen LogP contribution in [0.2, 0.25) is 0 Å². The van der Waals surface area contributed by atoms with Crippen molar-refractivity contribution >= 4 is 10.9 Å².